The number of nitrogens with zero attached hydrogens (tertiary/aromatic N) is 2. The Morgan fingerprint density at radius 1 is 0.826 bits per heavy atom. The van der Waals surface area contributed by atoms with Gasteiger partial charge in [0.15, 0.2) is 0 Å². The number of rotatable bonds is 5. The maximum absolute atomic E-state index is 6.26. The Labute approximate surface area is 143 Å². The van der Waals surface area contributed by atoms with E-state index in [0.717, 1.165) is 50.0 Å². The Bertz CT molecular complexity index is 639. The summed E-state index contributed by atoms with van der Waals surface area (Å²) in [6, 6.07) is 16.4. The van der Waals surface area contributed by atoms with Crippen molar-refractivity contribution in [1.29, 1.82) is 0 Å². The van der Waals surface area contributed by atoms with Crippen LogP contribution in [-0.2, 0) is 13.1 Å². The number of hydrogen-bond acceptors (Lipinski definition) is 3. The van der Waals surface area contributed by atoms with E-state index in [0.29, 0.717) is 0 Å². The maximum atomic E-state index is 6.26. The molecule has 1 aliphatic rings. The summed E-state index contributed by atoms with van der Waals surface area (Å²) in [4.78, 5) is 4.96. The minimum Gasteiger partial charge on any atom is -0.496 e. The van der Waals surface area contributed by atoms with Crippen LogP contribution in [0.25, 0.3) is 0 Å². The average molecular weight is 331 g/mol. The van der Waals surface area contributed by atoms with Crippen molar-refractivity contribution < 1.29 is 4.74 Å². The van der Waals surface area contributed by atoms with Gasteiger partial charge in [-0.05, 0) is 17.7 Å². The predicted molar refractivity (Wildman–Crippen MR) is 95.0 cm³/mol. The van der Waals surface area contributed by atoms with Gasteiger partial charge in [0.1, 0.15) is 5.75 Å². The van der Waals surface area contributed by atoms with E-state index in [2.05, 4.69) is 34.1 Å². The highest BCUT2D eigenvalue weighted by Gasteiger charge is 2.18. The molecule has 0 radical (unpaired) electrons. The quantitative estimate of drug-likeness (QED) is 0.832. The highest BCUT2D eigenvalue weighted by molar-refractivity contribution is 6.31. The number of halogens is 1. The standard InChI is InChI=1S/C19H23ClN2O/c1-23-19-9-5-3-7-17(19)15-22-12-10-21(11-13-22)14-16-6-2-4-8-18(16)20/h2-9H,10-15H2,1H3. The molecule has 0 aliphatic carbocycles. The molecule has 1 aliphatic heterocycles. The highest BCUT2D eigenvalue weighted by Crippen LogP contribution is 2.21. The second-order valence-electron chi connectivity index (χ2n) is 5.96. The van der Waals surface area contributed by atoms with Gasteiger partial charge in [0.25, 0.3) is 0 Å². The van der Waals surface area contributed by atoms with E-state index >= 15 is 0 Å². The first-order valence-corrected chi connectivity index (χ1v) is 8.44. The number of ether oxygens (including phenoxy) is 1. The van der Waals surface area contributed by atoms with Gasteiger partial charge in [0, 0.05) is 49.9 Å². The molecule has 1 fully saturated rings. The van der Waals surface area contributed by atoms with E-state index in [4.69, 9.17) is 16.3 Å². The zero-order valence-corrected chi connectivity index (χ0v) is 14.3. The number of para-hydroxylation sites is 1. The number of benzene rings is 2. The Morgan fingerprint density at radius 3 is 1.96 bits per heavy atom. The molecule has 122 valence electrons. The van der Waals surface area contributed by atoms with Crippen molar-refractivity contribution in [2.45, 2.75) is 13.1 Å². The molecule has 0 unspecified atom stereocenters. The molecule has 2 aromatic rings. The lowest BCUT2D eigenvalue weighted by Gasteiger charge is -2.35. The molecule has 0 aromatic heterocycles. The number of hydrogen-bond donors (Lipinski definition) is 0. The highest BCUT2D eigenvalue weighted by atomic mass is 35.5. The van der Waals surface area contributed by atoms with Crippen LogP contribution in [0.5, 0.6) is 5.75 Å². The molecule has 0 saturated carbocycles. The summed E-state index contributed by atoms with van der Waals surface area (Å²) >= 11 is 6.26. The van der Waals surface area contributed by atoms with Gasteiger partial charge in [-0.25, -0.2) is 0 Å². The van der Waals surface area contributed by atoms with Gasteiger partial charge < -0.3 is 4.74 Å². The van der Waals surface area contributed by atoms with Crippen molar-refractivity contribution in [3.05, 3.63) is 64.7 Å². The van der Waals surface area contributed by atoms with Crippen LogP contribution in [0.4, 0.5) is 0 Å². The normalized spacial score (nSPS) is 16.4. The molecular weight excluding hydrogens is 308 g/mol. The molecule has 23 heavy (non-hydrogen) atoms. The Morgan fingerprint density at radius 2 is 1.35 bits per heavy atom. The third-order valence-corrected chi connectivity index (χ3v) is 4.77. The first-order chi connectivity index (χ1) is 11.3. The Hall–Kier alpha value is -1.55. The van der Waals surface area contributed by atoms with E-state index in [1.807, 2.05) is 24.3 Å². The topological polar surface area (TPSA) is 15.7 Å². The van der Waals surface area contributed by atoms with Gasteiger partial charge in [0.2, 0.25) is 0 Å². The first kappa shape index (κ1) is 16.3. The second-order valence-corrected chi connectivity index (χ2v) is 6.36. The smallest absolute Gasteiger partial charge is 0.123 e. The second kappa shape index (κ2) is 7.82. The zero-order chi connectivity index (χ0) is 16.1. The molecule has 2 aromatic carbocycles. The summed E-state index contributed by atoms with van der Waals surface area (Å²) in [5.74, 6) is 0.978. The number of methoxy groups -OCH3 is 1. The van der Waals surface area contributed by atoms with Gasteiger partial charge in [0.05, 0.1) is 7.11 Å². The molecule has 1 heterocycles. The van der Waals surface area contributed by atoms with Gasteiger partial charge >= 0.3 is 0 Å². The van der Waals surface area contributed by atoms with Crippen molar-refractivity contribution >= 4 is 11.6 Å². The SMILES string of the molecule is COc1ccccc1CN1CCN(Cc2ccccc2Cl)CC1. The van der Waals surface area contributed by atoms with E-state index in [1.54, 1.807) is 7.11 Å². The minimum absolute atomic E-state index is 0.865. The van der Waals surface area contributed by atoms with Gasteiger partial charge in [-0.2, -0.15) is 0 Å². The Kier molecular flexibility index (Phi) is 5.55. The zero-order valence-electron chi connectivity index (χ0n) is 13.5. The fourth-order valence-corrected chi connectivity index (χ4v) is 3.24. The largest absolute Gasteiger partial charge is 0.496 e. The van der Waals surface area contributed by atoms with Crippen LogP contribution in [0.2, 0.25) is 5.02 Å². The van der Waals surface area contributed by atoms with Crippen molar-refractivity contribution in [3.63, 3.8) is 0 Å². The fraction of sp³-hybridized carbons (Fsp3) is 0.368. The monoisotopic (exact) mass is 330 g/mol. The van der Waals surface area contributed by atoms with E-state index in [9.17, 15) is 0 Å². The van der Waals surface area contributed by atoms with Gasteiger partial charge in [-0.1, -0.05) is 48.0 Å². The van der Waals surface area contributed by atoms with Crippen molar-refractivity contribution in [2.75, 3.05) is 33.3 Å². The third kappa shape index (κ3) is 4.25. The van der Waals surface area contributed by atoms with E-state index < -0.39 is 0 Å². The molecule has 0 amide bonds. The lowest BCUT2D eigenvalue weighted by molar-refractivity contribution is 0.121. The fourth-order valence-electron chi connectivity index (χ4n) is 3.05. The van der Waals surface area contributed by atoms with E-state index in [1.165, 1.54) is 11.1 Å². The van der Waals surface area contributed by atoms with Crippen LogP contribution in [0.1, 0.15) is 11.1 Å². The summed E-state index contributed by atoms with van der Waals surface area (Å²) in [6.45, 7) is 6.16. The first-order valence-electron chi connectivity index (χ1n) is 8.06. The molecule has 1 saturated heterocycles. The van der Waals surface area contributed by atoms with Gasteiger partial charge in [-0.3, -0.25) is 9.80 Å². The third-order valence-electron chi connectivity index (χ3n) is 4.40. The molecule has 4 heteroatoms. The minimum atomic E-state index is 0.865. The summed E-state index contributed by atoms with van der Waals surface area (Å²) in [5, 5.41) is 0.865. The number of piperazine rings is 1. The lowest BCUT2D eigenvalue weighted by atomic mass is 10.1. The molecule has 0 spiro atoms. The van der Waals surface area contributed by atoms with E-state index in [-0.39, 0.29) is 0 Å². The summed E-state index contributed by atoms with van der Waals surface area (Å²) < 4.78 is 5.45. The van der Waals surface area contributed by atoms with Crippen LogP contribution < -0.4 is 4.74 Å². The van der Waals surface area contributed by atoms with Crippen molar-refractivity contribution in [1.82, 2.24) is 9.80 Å². The molecule has 0 bridgehead atoms. The van der Waals surface area contributed by atoms with Crippen LogP contribution in [0.15, 0.2) is 48.5 Å². The van der Waals surface area contributed by atoms with Crippen LogP contribution in [0.3, 0.4) is 0 Å². The molecule has 3 rings (SSSR count). The molecule has 3 nitrogen and oxygen atoms in total. The summed E-state index contributed by atoms with van der Waals surface area (Å²) in [7, 11) is 1.74. The molecule has 0 atom stereocenters. The lowest BCUT2D eigenvalue weighted by Crippen LogP contribution is -2.45. The summed E-state index contributed by atoms with van der Waals surface area (Å²) in [5.41, 5.74) is 2.47. The average Bonchev–Trinajstić information content (AvgIpc) is 2.59. The van der Waals surface area contributed by atoms with Crippen LogP contribution >= 0.6 is 11.6 Å². The summed E-state index contributed by atoms with van der Waals surface area (Å²) in [6.07, 6.45) is 0. The van der Waals surface area contributed by atoms with Crippen molar-refractivity contribution in [2.24, 2.45) is 0 Å². The van der Waals surface area contributed by atoms with Crippen LogP contribution in [-0.4, -0.2) is 43.1 Å². The maximum Gasteiger partial charge on any atom is 0.123 e. The predicted octanol–water partition coefficient (Wildman–Crippen LogP) is 3.67. The molecule has 0 N–H and O–H groups in total. The molecular formula is C19H23ClN2O. The van der Waals surface area contributed by atoms with Gasteiger partial charge in [-0.15, -0.1) is 0 Å². The van der Waals surface area contributed by atoms with Crippen molar-refractivity contribution in [3.8, 4) is 5.75 Å². The Balaban J connectivity index is 1.53. The van der Waals surface area contributed by atoms with Crippen LogP contribution in [0, 0.1) is 0 Å².